The first-order valence-corrected chi connectivity index (χ1v) is 11.3. The molecule has 4 aromatic rings. The van der Waals surface area contributed by atoms with Crippen LogP contribution >= 0.6 is 11.3 Å². The summed E-state index contributed by atoms with van der Waals surface area (Å²) < 4.78 is 7.34. The van der Waals surface area contributed by atoms with Crippen LogP contribution in [0.4, 0.5) is 11.4 Å². The molecule has 5 rings (SSSR count). The van der Waals surface area contributed by atoms with Crippen LogP contribution in [0.15, 0.2) is 82.5 Å². The van der Waals surface area contributed by atoms with Crippen molar-refractivity contribution in [3.8, 4) is 17.0 Å². The predicted molar refractivity (Wildman–Crippen MR) is 130 cm³/mol. The molecule has 1 aliphatic heterocycles. The quantitative estimate of drug-likeness (QED) is 0.451. The van der Waals surface area contributed by atoms with Crippen molar-refractivity contribution in [2.75, 3.05) is 11.9 Å². The molecule has 33 heavy (non-hydrogen) atoms. The zero-order chi connectivity index (χ0) is 22.8. The highest BCUT2D eigenvalue weighted by atomic mass is 32.1. The van der Waals surface area contributed by atoms with Gasteiger partial charge in [-0.1, -0.05) is 29.8 Å². The smallest absolute Gasteiger partial charge is 0.262 e. The highest BCUT2D eigenvalue weighted by molar-refractivity contribution is 7.07. The van der Waals surface area contributed by atoms with Gasteiger partial charge in [-0.15, -0.1) is 11.3 Å². The standard InChI is InChI=1S/C25H21N5O2S/c1-16-5-7-18(8-6-16)17(2)29-30-22(15-33-25(30)27-20-4-3-11-26-13-20)19-9-10-23-21(12-19)28-24(31)14-32-23/h3-13,15H,14H2,1-2H3,(H,28,31). The average Bonchev–Trinajstić information content (AvgIpc) is 3.21. The number of amides is 1. The lowest BCUT2D eigenvalue weighted by molar-refractivity contribution is -0.118. The number of rotatable bonds is 4. The van der Waals surface area contributed by atoms with Crippen LogP contribution in [0, 0.1) is 6.92 Å². The Labute approximate surface area is 194 Å². The summed E-state index contributed by atoms with van der Waals surface area (Å²) in [5.74, 6) is 0.484. The molecule has 0 aliphatic carbocycles. The van der Waals surface area contributed by atoms with Gasteiger partial charge in [-0.2, -0.15) is 5.10 Å². The van der Waals surface area contributed by atoms with Crippen LogP contribution in [0.25, 0.3) is 11.3 Å². The summed E-state index contributed by atoms with van der Waals surface area (Å²) in [5, 5.41) is 9.81. The van der Waals surface area contributed by atoms with Gasteiger partial charge in [-0.05, 0) is 49.7 Å². The van der Waals surface area contributed by atoms with Gasteiger partial charge in [0.1, 0.15) is 5.75 Å². The van der Waals surface area contributed by atoms with E-state index in [-0.39, 0.29) is 12.5 Å². The van der Waals surface area contributed by atoms with Crippen molar-refractivity contribution in [3.05, 3.63) is 88.3 Å². The summed E-state index contributed by atoms with van der Waals surface area (Å²) in [4.78, 5) is 21.4. The van der Waals surface area contributed by atoms with Gasteiger partial charge in [-0.25, -0.2) is 9.67 Å². The third kappa shape index (κ3) is 4.47. The van der Waals surface area contributed by atoms with Gasteiger partial charge in [0, 0.05) is 17.1 Å². The fraction of sp³-hybridized carbons (Fsp3) is 0.120. The number of benzene rings is 2. The SMILES string of the molecule is CC(=Nn1c(-c2ccc3c(c2)NC(=O)CO3)csc1=Nc1cccnc1)c1ccc(C)cc1. The monoisotopic (exact) mass is 455 g/mol. The molecule has 1 aliphatic rings. The molecule has 164 valence electrons. The fourth-order valence-corrected chi connectivity index (χ4v) is 4.30. The van der Waals surface area contributed by atoms with Gasteiger partial charge in [0.05, 0.1) is 29.0 Å². The van der Waals surface area contributed by atoms with E-state index in [1.165, 1.54) is 16.9 Å². The molecule has 0 saturated carbocycles. The summed E-state index contributed by atoms with van der Waals surface area (Å²) in [6.45, 7) is 4.07. The van der Waals surface area contributed by atoms with Crippen molar-refractivity contribution in [1.29, 1.82) is 0 Å². The number of aryl methyl sites for hydroxylation is 1. The van der Waals surface area contributed by atoms with Gasteiger partial charge in [-0.3, -0.25) is 9.78 Å². The van der Waals surface area contributed by atoms with Crippen LogP contribution < -0.4 is 14.9 Å². The van der Waals surface area contributed by atoms with E-state index < -0.39 is 0 Å². The minimum absolute atomic E-state index is 0.0268. The molecular formula is C25H21N5O2S. The number of nitrogens with zero attached hydrogens (tertiary/aromatic N) is 4. The Hall–Kier alpha value is -4.04. The Kier molecular flexibility index (Phi) is 5.58. The second-order valence-corrected chi connectivity index (χ2v) is 8.47. The lowest BCUT2D eigenvalue weighted by Gasteiger charge is -2.18. The molecule has 0 saturated heterocycles. The largest absolute Gasteiger partial charge is 0.482 e. The van der Waals surface area contributed by atoms with E-state index in [4.69, 9.17) is 14.8 Å². The molecule has 8 heteroatoms. The minimum Gasteiger partial charge on any atom is -0.482 e. The molecule has 3 heterocycles. The van der Waals surface area contributed by atoms with E-state index in [0.717, 1.165) is 28.2 Å². The van der Waals surface area contributed by atoms with Crippen LogP contribution in [0.3, 0.4) is 0 Å². The Morgan fingerprint density at radius 3 is 2.82 bits per heavy atom. The van der Waals surface area contributed by atoms with Crippen LogP contribution in [0.5, 0.6) is 5.75 Å². The first-order valence-electron chi connectivity index (χ1n) is 10.4. The number of aromatic nitrogens is 2. The second kappa shape index (κ2) is 8.84. The number of anilines is 1. The molecule has 0 bridgehead atoms. The first kappa shape index (κ1) is 20.8. The number of ether oxygens (including phenoxy) is 1. The number of hydrogen-bond donors (Lipinski definition) is 1. The number of hydrogen-bond acceptors (Lipinski definition) is 6. The average molecular weight is 456 g/mol. The number of nitrogens with one attached hydrogen (secondary N) is 1. The van der Waals surface area contributed by atoms with Gasteiger partial charge < -0.3 is 10.1 Å². The van der Waals surface area contributed by atoms with Crippen molar-refractivity contribution < 1.29 is 9.53 Å². The van der Waals surface area contributed by atoms with Gasteiger partial charge in [0.2, 0.25) is 4.80 Å². The van der Waals surface area contributed by atoms with E-state index in [1.54, 1.807) is 12.4 Å². The van der Waals surface area contributed by atoms with Gasteiger partial charge in [0.25, 0.3) is 5.91 Å². The summed E-state index contributed by atoms with van der Waals surface area (Å²) >= 11 is 1.49. The summed E-state index contributed by atoms with van der Waals surface area (Å²) in [6, 6.07) is 17.7. The molecule has 0 atom stereocenters. The van der Waals surface area contributed by atoms with Gasteiger partial charge in [0.15, 0.2) is 6.61 Å². The maximum absolute atomic E-state index is 11.8. The van der Waals surface area contributed by atoms with E-state index in [0.29, 0.717) is 16.2 Å². The number of carbonyl (C=O) groups is 1. The van der Waals surface area contributed by atoms with Crippen molar-refractivity contribution in [3.63, 3.8) is 0 Å². The van der Waals surface area contributed by atoms with Crippen LogP contribution in [0.2, 0.25) is 0 Å². The molecule has 1 amide bonds. The van der Waals surface area contributed by atoms with E-state index >= 15 is 0 Å². The molecule has 1 N–H and O–H groups in total. The van der Waals surface area contributed by atoms with Crippen molar-refractivity contribution in [2.24, 2.45) is 10.1 Å². The molecular weight excluding hydrogens is 434 g/mol. The van der Waals surface area contributed by atoms with Crippen molar-refractivity contribution >= 4 is 34.3 Å². The first-order chi connectivity index (χ1) is 16.1. The zero-order valence-corrected chi connectivity index (χ0v) is 19.0. The minimum atomic E-state index is -0.168. The lowest BCUT2D eigenvalue weighted by atomic mass is 10.1. The normalized spacial score (nSPS) is 13.9. The molecule has 2 aromatic carbocycles. The van der Waals surface area contributed by atoms with Crippen LogP contribution in [-0.4, -0.2) is 27.9 Å². The molecule has 0 unspecified atom stereocenters. The summed E-state index contributed by atoms with van der Waals surface area (Å²) in [5.41, 5.74) is 6.22. The maximum atomic E-state index is 11.8. The van der Waals surface area contributed by atoms with Crippen LogP contribution in [0.1, 0.15) is 18.1 Å². The van der Waals surface area contributed by atoms with Crippen LogP contribution in [-0.2, 0) is 4.79 Å². The number of carbonyl (C=O) groups excluding carboxylic acids is 1. The Morgan fingerprint density at radius 2 is 2.03 bits per heavy atom. The Morgan fingerprint density at radius 1 is 1.18 bits per heavy atom. The summed E-state index contributed by atoms with van der Waals surface area (Å²) in [6.07, 6.45) is 3.43. The topological polar surface area (TPSA) is 80.9 Å². The van der Waals surface area contributed by atoms with E-state index in [9.17, 15) is 4.79 Å². The third-order valence-electron chi connectivity index (χ3n) is 5.18. The molecule has 2 aromatic heterocycles. The van der Waals surface area contributed by atoms with E-state index in [1.807, 2.05) is 47.3 Å². The molecule has 0 fully saturated rings. The van der Waals surface area contributed by atoms with Crippen molar-refractivity contribution in [2.45, 2.75) is 13.8 Å². The Bertz CT molecular complexity index is 1420. The fourth-order valence-electron chi connectivity index (χ4n) is 3.45. The second-order valence-electron chi connectivity index (χ2n) is 7.64. The third-order valence-corrected chi connectivity index (χ3v) is 6.00. The highest BCUT2D eigenvalue weighted by Crippen LogP contribution is 2.33. The lowest BCUT2D eigenvalue weighted by Crippen LogP contribution is -2.25. The van der Waals surface area contributed by atoms with Crippen molar-refractivity contribution in [1.82, 2.24) is 9.66 Å². The predicted octanol–water partition coefficient (Wildman–Crippen LogP) is 4.76. The Balaban J connectivity index is 1.65. The highest BCUT2D eigenvalue weighted by Gasteiger charge is 2.18. The number of pyridine rings is 1. The number of fused-ring (bicyclic) bond motifs is 1. The van der Waals surface area contributed by atoms with Gasteiger partial charge >= 0.3 is 0 Å². The number of thiazole rings is 1. The molecule has 0 radical (unpaired) electrons. The van der Waals surface area contributed by atoms with E-state index in [2.05, 4.69) is 41.5 Å². The molecule has 0 spiro atoms. The zero-order valence-electron chi connectivity index (χ0n) is 18.1. The summed E-state index contributed by atoms with van der Waals surface area (Å²) in [7, 11) is 0. The molecule has 7 nitrogen and oxygen atoms in total. The maximum Gasteiger partial charge on any atom is 0.262 e.